The molecule has 1 rings (SSSR count). The highest BCUT2D eigenvalue weighted by Crippen LogP contribution is 2.18. The van der Waals surface area contributed by atoms with Crippen LogP contribution in [0, 0.1) is 0 Å². The molecule has 19 heavy (non-hydrogen) atoms. The Kier molecular flexibility index (Phi) is 5.36. The molecule has 0 aliphatic carbocycles. The quantitative estimate of drug-likeness (QED) is 0.829. The van der Waals surface area contributed by atoms with Gasteiger partial charge in [-0.25, -0.2) is 0 Å². The second kappa shape index (κ2) is 6.57. The second-order valence-electron chi connectivity index (χ2n) is 5.21. The van der Waals surface area contributed by atoms with E-state index in [1.54, 1.807) is 18.7 Å². The van der Waals surface area contributed by atoms with Crippen LogP contribution in [0.15, 0.2) is 24.3 Å². The van der Waals surface area contributed by atoms with Crippen molar-refractivity contribution in [2.45, 2.75) is 33.3 Å². The maximum Gasteiger partial charge on any atom is 0.256 e. The van der Waals surface area contributed by atoms with Gasteiger partial charge in [-0.3, -0.25) is 4.79 Å². The molecule has 1 aromatic rings. The Balaban J connectivity index is 2.97. The van der Waals surface area contributed by atoms with Gasteiger partial charge in [-0.05, 0) is 39.8 Å². The highest BCUT2D eigenvalue weighted by atomic mass is 16.3. The molecule has 1 aromatic carbocycles. The van der Waals surface area contributed by atoms with E-state index < -0.39 is 5.60 Å². The van der Waals surface area contributed by atoms with Crippen molar-refractivity contribution in [3.8, 4) is 0 Å². The average molecular weight is 264 g/mol. The molecule has 0 aliphatic rings. The van der Waals surface area contributed by atoms with Gasteiger partial charge in [0.05, 0.1) is 11.2 Å². The van der Waals surface area contributed by atoms with E-state index in [0.29, 0.717) is 18.7 Å². The smallest absolute Gasteiger partial charge is 0.256 e. The Morgan fingerprint density at radius 3 is 2.47 bits per heavy atom. The van der Waals surface area contributed by atoms with Crippen molar-refractivity contribution in [2.75, 3.05) is 25.0 Å². The minimum absolute atomic E-state index is 0.0545. The van der Waals surface area contributed by atoms with Crippen LogP contribution in [0.3, 0.4) is 0 Å². The zero-order valence-electron chi connectivity index (χ0n) is 12.2. The summed E-state index contributed by atoms with van der Waals surface area (Å²) in [7, 11) is 0. The Morgan fingerprint density at radius 2 is 1.95 bits per heavy atom. The number of aliphatic hydroxyl groups is 1. The van der Waals surface area contributed by atoms with Crippen molar-refractivity contribution in [1.82, 2.24) is 4.90 Å². The number of carbonyl (C=O) groups is 1. The number of rotatable bonds is 6. The summed E-state index contributed by atoms with van der Waals surface area (Å²) in [6, 6.07) is 7.47. The number of nitrogens with one attached hydrogen (secondary N) is 1. The van der Waals surface area contributed by atoms with Gasteiger partial charge < -0.3 is 15.3 Å². The lowest BCUT2D eigenvalue weighted by atomic mass is 10.1. The molecule has 0 aliphatic heterocycles. The predicted molar refractivity (Wildman–Crippen MR) is 78.5 cm³/mol. The van der Waals surface area contributed by atoms with E-state index in [0.717, 1.165) is 12.2 Å². The van der Waals surface area contributed by atoms with E-state index in [9.17, 15) is 9.90 Å². The Labute approximate surface area is 115 Å². The second-order valence-corrected chi connectivity index (χ2v) is 5.21. The minimum atomic E-state index is -0.890. The largest absolute Gasteiger partial charge is 0.389 e. The van der Waals surface area contributed by atoms with Crippen molar-refractivity contribution in [1.29, 1.82) is 0 Å². The van der Waals surface area contributed by atoms with Crippen molar-refractivity contribution >= 4 is 11.6 Å². The van der Waals surface area contributed by atoms with Crippen LogP contribution in [0.25, 0.3) is 0 Å². The summed E-state index contributed by atoms with van der Waals surface area (Å²) in [6.45, 7) is 8.99. The first kappa shape index (κ1) is 15.5. The lowest BCUT2D eigenvalue weighted by Crippen LogP contribution is -2.42. The van der Waals surface area contributed by atoms with Crippen LogP contribution < -0.4 is 5.32 Å². The summed E-state index contributed by atoms with van der Waals surface area (Å²) in [4.78, 5) is 14.2. The van der Waals surface area contributed by atoms with E-state index in [1.165, 1.54) is 0 Å². The third-order valence-electron chi connectivity index (χ3n) is 2.77. The van der Waals surface area contributed by atoms with Gasteiger partial charge in [0.15, 0.2) is 0 Å². The SMILES string of the molecule is CCNc1ccccc1C(=O)N(CC)CC(C)(C)O. The fourth-order valence-electron chi connectivity index (χ4n) is 1.98. The van der Waals surface area contributed by atoms with Crippen LogP contribution in [-0.2, 0) is 0 Å². The van der Waals surface area contributed by atoms with E-state index in [2.05, 4.69) is 5.32 Å². The third kappa shape index (κ3) is 4.56. The van der Waals surface area contributed by atoms with E-state index in [-0.39, 0.29) is 5.91 Å². The summed E-state index contributed by atoms with van der Waals surface area (Å²) in [5, 5.41) is 13.1. The topological polar surface area (TPSA) is 52.6 Å². The summed E-state index contributed by atoms with van der Waals surface area (Å²) in [5.74, 6) is -0.0545. The number of para-hydroxylation sites is 1. The fraction of sp³-hybridized carbons (Fsp3) is 0.533. The zero-order chi connectivity index (χ0) is 14.5. The molecule has 2 N–H and O–H groups in total. The molecule has 0 atom stereocenters. The fourth-order valence-corrected chi connectivity index (χ4v) is 1.98. The number of likely N-dealkylation sites (N-methyl/N-ethyl adjacent to an activating group) is 1. The van der Waals surface area contributed by atoms with Crippen LogP contribution in [0.2, 0.25) is 0 Å². The van der Waals surface area contributed by atoms with Crippen molar-refractivity contribution in [3.63, 3.8) is 0 Å². The molecule has 0 radical (unpaired) electrons. The lowest BCUT2D eigenvalue weighted by molar-refractivity contribution is 0.0315. The van der Waals surface area contributed by atoms with Crippen molar-refractivity contribution in [2.24, 2.45) is 0 Å². The summed E-state index contributed by atoms with van der Waals surface area (Å²) >= 11 is 0. The summed E-state index contributed by atoms with van der Waals surface area (Å²) < 4.78 is 0. The number of benzene rings is 1. The van der Waals surface area contributed by atoms with Crippen LogP contribution in [-0.4, -0.2) is 41.1 Å². The number of carbonyl (C=O) groups excluding carboxylic acids is 1. The Bertz CT molecular complexity index is 424. The van der Waals surface area contributed by atoms with Gasteiger partial charge in [0.2, 0.25) is 0 Å². The number of hydrogen-bond donors (Lipinski definition) is 2. The van der Waals surface area contributed by atoms with Crippen molar-refractivity contribution in [3.05, 3.63) is 29.8 Å². The molecule has 0 saturated carbocycles. The molecule has 0 spiro atoms. The molecule has 1 amide bonds. The highest BCUT2D eigenvalue weighted by Gasteiger charge is 2.23. The molecule has 0 bridgehead atoms. The first-order valence-electron chi connectivity index (χ1n) is 6.73. The molecule has 106 valence electrons. The number of anilines is 1. The normalized spacial score (nSPS) is 11.2. The van der Waals surface area contributed by atoms with Gasteiger partial charge in [0, 0.05) is 25.3 Å². The maximum absolute atomic E-state index is 12.5. The van der Waals surface area contributed by atoms with E-state index in [4.69, 9.17) is 0 Å². The van der Waals surface area contributed by atoms with Crippen molar-refractivity contribution < 1.29 is 9.90 Å². The van der Waals surface area contributed by atoms with E-state index >= 15 is 0 Å². The first-order chi connectivity index (χ1) is 8.89. The van der Waals surface area contributed by atoms with E-state index in [1.807, 2.05) is 38.1 Å². The molecule has 0 fully saturated rings. The number of hydrogen-bond acceptors (Lipinski definition) is 3. The number of amides is 1. The Hall–Kier alpha value is -1.55. The third-order valence-corrected chi connectivity index (χ3v) is 2.77. The minimum Gasteiger partial charge on any atom is -0.389 e. The molecular formula is C15H24N2O2. The summed E-state index contributed by atoms with van der Waals surface area (Å²) in [6.07, 6.45) is 0. The molecule has 0 heterocycles. The summed E-state index contributed by atoms with van der Waals surface area (Å²) in [5.41, 5.74) is 0.596. The first-order valence-corrected chi connectivity index (χ1v) is 6.73. The molecule has 4 heteroatoms. The van der Waals surface area contributed by atoms with Crippen LogP contribution in [0.5, 0.6) is 0 Å². The predicted octanol–water partition coefficient (Wildman–Crippen LogP) is 2.35. The van der Waals surface area contributed by atoms with Gasteiger partial charge in [-0.1, -0.05) is 12.1 Å². The lowest BCUT2D eigenvalue weighted by Gasteiger charge is -2.28. The van der Waals surface area contributed by atoms with Gasteiger partial charge in [0.1, 0.15) is 0 Å². The molecular weight excluding hydrogens is 240 g/mol. The molecule has 0 aromatic heterocycles. The molecule has 0 unspecified atom stereocenters. The average Bonchev–Trinajstić information content (AvgIpc) is 2.35. The van der Waals surface area contributed by atoms with Gasteiger partial charge >= 0.3 is 0 Å². The van der Waals surface area contributed by atoms with Gasteiger partial charge in [-0.15, -0.1) is 0 Å². The van der Waals surface area contributed by atoms with Crippen LogP contribution in [0.1, 0.15) is 38.1 Å². The highest BCUT2D eigenvalue weighted by molar-refractivity contribution is 5.99. The monoisotopic (exact) mass is 264 g/mol. The maximum atomic E-state index is 12.5. The zero-order valence-corrected chi connectivity index (χ0v) is 12.2. The van der Waals surface area contributed by atoms with Gasteiger partial charge in [0.25, 0.3) is 5.91 Å². The molecule has 4 nitrogen and oxygen atoms in total. The Morgan fingerprint density at radius 1 is 1.32 bits per heavy atom. The van der Waals surface area contributed by atoms with Crippen LogP contribution >= 0.6 is 0 Å². The van der Waals surface area contributed by atoms with Crippen LogP contribution in [0.4, 0.5) is 5.69 Å². The standard InChI is InChI=1S/C15H24N2O2/c1-5-16-13-10-8-7-9-12(13)14(18)17(6-2)11-15(3,4)19/h7-10,16,19H,5-6,11H2,1-4H3. The number of nitrogens with zero attached hydrogens (tertiary/aromatic N) is 1. The van der Waals surface area contributed by atoms with Gasteiger partial charge in [-0.2, -0.15) is 0 Å². The molecule has 0 saturated heterocycles.